The Morgan fingerprint density at radius 2 is 1.97 bits per heavy atom. The van der Waals surface area contributed by atoms with E-state index < -0.39 is 5.60 Å². The van der Waals surface area contributed by atoms with E-state index in [1.807, 2.05) is 52.8 Å². The highest BCUT2D eigenvalue weighted by Crippen LogP contribution is 2.32. The number of aliphatic hydroxyl groups is 1. The first-order valence-electron chi connectivity index (χ1n) is 13.2. The molecule has 38 heavy (non-hydrogen) atoms. The van der Waals surface area contributed by atoms with Gasteiger partial charge in [-0.25, -0.2) is 20.3 Å². The molecule has 1 aromatic carbocycles. The smallest absolute Gasteiger partial charge is 0.260 e. The highest BCUT2D eigenvalue weighted by atomic mass is 35.5. The summed E-state index contributed by atoms with van der Waals surface area (Å²) >= 11 is 6.60. The molecule has 2 heterocycles. The molecule has 1 amide bonds. The molecule has 1 unspecified atom stereocenters. The lowest BCUT2D eigenvalue weighted by Gasteiger charge is -2.30. The molecule has 1 aromatic rings. The van der Waals surface area contributed by atoms with Crippen LogP contribution in [0.2, 0.25) is 5.02 Å². The number of hydrogen-bond donors (Lipinski definition) is 3. The highest BCUT2D eigenvalue weighted by Gasteiger charge is 2.31. The second-order valence-electron chi connectivity index (χ2n) is 9.10. The van der Waals surface area contributed by atoms with Crippen LogP contribution >= 0.6 is 11.6 Å². The van der Waals surface area contributed by atoms with Crippen LogP contribution in [-0.4, -0.2) is 52.5 Å². The van der Waals surface area contributed by atoms with Crippen molar-refractivity contribution >= 4 is 34.8 Å². The maximum Gasteiger partial charge on any atom is 0.260 e. The maximum atomic E-state index is 13.4. The molecular formula is C29H44ClN5O3. The van der Waals surface area contributed by atoms with Gasteiger partial charge in [0.05, 0.1) is 5.60 Å². The first-order chi connectivity index (χ1) is 17.9. The summed E-state index contributed by atoms with van der Waals surface area (Å²) in [6.07, 6.45) is 4.64. The normalized spacial score (nSPS) is 19.1. The van der Waals surface area contributed by atoms with Gasteiger partial charge in [0.25, 0.3) is 5.91 Å². The summed E-state index contributed by atoms with van der Waals surface area (Å²) in [5.41, 5.74) is 4.49. The molecule has 0 aromatic heterocycles. The monoisotopic (exact) mass is 545 g/mol. The molecule has 3 rings (SSSR count). The fraction of sp³-hybridized carbons (Fsp3) is 0.483. The van der Waals surface area contributed by atoms with Gasteiger partial charge in [-0.05, 0) is 46.8 Å². The molecule has 210 valence electrons. The number of amides is 1. The number of nitrogens with zero attached hydrogens (tertiary/aromatic N) is 3. The first-order valence-corrected chi connectivity index (χ1v) is 13.6. The van der Waals surface area contributed by atoms with Crippen LogP contribution in [0.3, 0.4) is 0 Å². The summed E-state index contributed by atoms with van der Waals surface area (Å²) in [5, 5.41) is 13.4. The minimum atomic E-state index is -0.918. The topological polar surface area (TPSA) is 98.6 Å². The van der Waals surface area contributed by atoms with Crippen LogP contribution in [0.4, 0.5) is 0 Å². The molecule has 8 nitrogen and oxygen atoms in total. The number of carbonyl (C=O) groups excluding carboxylic acids is 1. The van der Waals surface area contributed by atoms with E-state index in [0.29, 0.717) is 40.2 Å². The predicted octanol–water partition coefficient (Wildman–Crippen LogP) is 5.83. The number of likely N-dealkylation sites (N-methyl/N-ethyl adjacent to an activating group) is 1. The average Bonchev–Trinajstić information content (AvgIpc) is 3.31. The third kappa shape index (κ3) is 9.11. The molecule has 0 radical (unpaired) electrons. The zero-order valence-electron chi connectivity index (χ0n) is 24.3. The molecule has 0 aliphatic carbocycles. The molecule has 2 aliphatic rings. The van der Waals surface area contributed by atoms with Crippen molar-refractivity contribution in [3.63, 3.8) is 0 Å². The third-order valence-corrected chi connectivity index (χ3v) is 5.36. The highest BCUT2D eigenvalue weighted by molar-refractivity contribution is 6.37. The average molecular weight is 546 g/mol. The van der Waals surface area contributed by atoms with E-state index in [1.165, 1.54) is 6.42 Å². The van der Waals surface area contributed by atoms with Crippen molar-refractivity contribution in [2.45, 2.75) is 80.6 Å². The molecule has 1 atom stereocenters. The number of rotatable bonds is 7. The maximum absolute atomic E-state index is 13.4. The van der Waals surface area contributed by atoms with Crippen LogP contribution in [0, 0.1) is 0 Å². The lowest BCUT2D eigenvalue weighted by molar-refractivity contribution is -0.121. The van der Waals surface area contributed by atoms with Crippen molar-refractivity contribution in [1.29, 1.82) is 0 Å². The van der Waals surface area contributed by atoms with Crippen LogP contribution in [0.15, 0.2) is 58.3 Å². The lowest BCUT2D eigenvalue weighted by Crippen LogP contribution is -2.41. The van der Waals surface area contributed by atoms with Gasteiger partial charge < -0.3 is 10.4 Å². The summed E-state index contributed by atoms with van der Waals surface area (Å²) in [4.78, 5) is 29.1. The van der Waals surface area contributed by atoms with Gasteiger partial charge in [-0.3, -0.25) is 9.69 Å². The fourth-order valence-electron chi connectivity index (χ4n) is 3.38. The summed E-state index contributed by atoms with van der Waals surface area (Å²) in [6, 6.07) is 5.41. The summed E-state index contributed by atoms with van der Waals surface area (Å²) < 4.78 is 0. The number of carbonyl (C=O) groups is 1. The zero-order chi connectivity index (χ0) is 29.0. The lowest BCUT2D eigenvalue weighted by atomic mass is 9.95. The van der Waals surface area contributed by atoms with Crippen molar-refractivity contribution in [1.82, 2.24) is 15.7 Å². The van der Waals surface area contributed by atoms with Crippen molar-refractivity contribution in [3.8, 4) is 0 Å². The SMILES string of the molecule is C=C(/N=C1\C(=C/C)C=C(c2ccc(C3=NC(C)ON3)cc2Cl)C(=O)N1CC)NCC(C)(C)O.CC.CCC. The van der Waals surface area contributed by atoms with Gasteiger partial charge in [0.2, 0.25) is 0 Å². The standard InChI is InChI=1S/C24H30ClN5O3.C3H8.C2H6/c1-7-16-11-19(18-10-9-17(12-20(18)25)21-28-15(4)33-29-21)23(31)30(8-2)22(16)27-14(3)26-13-24(5,6)32;1-3-2;1-2/h7,9-12,15,26,32H,3,8,13H2,1-2,4-6H3,(H,28,29);3H2,1-2H3;1-2H3/b16-7-,27-22+;;. The van der Waals surface area contributed by atoms with E-state index in [9.17, 15) is 9.90 Å². The van der Waals surface area contributed by atoms with Crippen LogP contribution in [0.5, 0.6) is 0 Å². The number of aliphatic imine (C=N–C) groups is 2. The van der Waals surface area contributed by atoms with Crippen molar-refractivity contribution in [3.05, 3.63) is 64.5 Å². The van der Waals surface area contributed by atoms with Gasteiger partial charge in [-0.2, -0.15) is 0 Å². The van der Waals surface area contributed by atoms with Crippen molar-refractivity contribution in [2.24, 2.45) is 9.98 Å². The zero-order valence-corrected chi connectivity index (χ0v) is 25.0. The predicted molar refractivity (Wildman–Crippen MR) is 159 cm³/mol. The molecule has 0 fully saturated rings. The van der Waals surface area contributed by atoms with Gasteiger partial charge in [-0.15, -0.1) is 0 Å². The molecule has 2 aliphatic heterocycles. The Hall–Kier alpha value is -2.94. The molecule has 0 bridgehead atoms. The Balaban J connectivity index is 0.00000135. The van der Waals surface area contributed by atoms with Gasteiger partial charge in [0.15, 0.2) is 12.1 Å². The Morgan fingerprint density at radius 3 is 2.45 bits per heavy atom. The van der Waals surface area contributed by atoms with Gasteiger partial charge >= 0.3 is 0 Å². The number of allylic oxidation sites excluding steroid dienone is 1. The van der Waals surface area contributed by atoms with E-state index >= 15 is 0 Å². The third-order valence-electron chi connectivity index (χ3n) is 5.05. The Labute approximate surface area is 233 Å². The Morgan fingerprint density at radius 1 is 1.34 bits per heavy atom. The summed E-state index contributed by atoms with van der Waals surface area (Å²) in [6.45, 7) is 21.8. The summed E-state index contributed by atoms with van der Waals surface area (Å²) in [5.74, 6) is 1.24. The van der Waals surface area contributed by atoms with Crippen LogP contribution in [0.1, 0.15) is 79.9 Å². The number of hydroxylamine groups is 1. The van der Waals surface area contributed by atoms with Crippen LogP contribution in [-0.2, 0) is 9.63 Å². The van der Waals surface area contributed by atoms with Gasteiger partial charge in [-0.1, -0.05) is 70.5 Å². The second kappa shape index (κ2) is 15.5. The fourth-order valence-corrected chi connectivity index (χ4v) is 3.66. The largest absolute Gasteiger partial charge is 0.389 e. The molecule has 0 saturated carbocycles. The summed E-state index contributed by atoms with van der Waals surface area (Å²) in [7, 11) is 0. The Bertz CT molecular complexity index is 1100. The number of amidine groups is 2. The van der Waals surface area contributed by atoms with Gasteiger partial charge in [0.1, 0.15) is 11.7 Å². The number of hydrogen-bond acceptors (Lipinski definition) is 7. The molecule has 3 N–H and O–H groups in total. The molecular weight excluding hydrogens is 502 g/mol. The van der Waals surface area contributed by atoms with Crippen LogP contribution in [0.25, 0.3) is 5.57 Å². The molecule has 0 saturated heterocycles. The first kappa shape index (κ1) is 33.1. The van der Waals surface area contributed by atoms with Crippen molar-refractivity contribution < 1.29 is 14.7 Å². The van der Waals surface area contributed by atoms with Gasteiger partial charge in [0, 0.05) is 40.4 Å². The molecule has 0 spiro atoms. The van der Waals surface area contributed by atoms with E-state index in [4.69, 9.17) is 16.4 Å². The molecule has 9 heteroatoms. The van der Waals surface area contributed by atoms with E-state index in [-0.39, 0.29) is 18.7 Å². The quantitative estimate of drug-likeness (QED) is 0.400. The number of halogens is 1. The van der Waals surface area contributed by atoms with E-state index in [1.54, 1.807) is 30.9 Å². The van der Waals surface area contributed by atoms with E-state index in [2.05, 4.69) is 41.2 Å². The second-order valence-corrected chi connectivity index (χ2v) is 9.51. The minimum Gasteiger partial charge on any atom is -0.389 e. The number of nitrogens with one attached hydrogen (secondary N) is 2. The number of benzene rings is 1. The van der Waals surface area contributed by atoms with Crippen LogP contribution < -0.4 is 10.8 Å². The Kier molecular flexibility index (Phi) is 13.5. The van der Waals surface area contributed by atoms with Crippen molar-refractivity contribution in [2.75, 3.05) is 13.1 Å². The van der Waals surface area contributed by atoms with E-state index in [0.717, 1.165) is 11.1 Å². The minimum absolute atomic E-state index is 0.208.